The molecule has 1 saturated heterocycles. The number of benzene rings is 2. The number of aromatic nitrogens is 1. The predicted octanol–water partition coefficient (Wildman–Crippen LogP) is 4.06. The number of sulfonamides is 1. The Morgan fingerprint density at radius 1 is 0.967 bits per heavy atom. The van der Waals surface area contributed by atoms with E-state index >= 15 is 0 Å². The number of carbonyl (C=O) groups excluding carboxylic acids is 1. The molecule has 1 fully saturated rings. The highest BCUT2D eigenvalue weighted by molar-refractivity contribution is 7.89. The van der Waals surface area contributed by atoms with Gasteiger partial charge in [-0.05, 0) is 37.1 Å². The summed E-state index contributed by atoms with van der Waals surface area (Å²) in [5, 5.41) is 3.71. The molecule has 1 aromatic heterocycles. The average Bonchev–Trinajstić information content (AvgIpc) is 2.78. The third kappa shape index (κ3) is 4.27. The summed E-state index contributed by atoms with van der Waals surface area (Å²) in [4.78, 5) is 17.0. The quantitative estimate of drug-likeness (QED) is 0.630. The Kier molecular flexibility index (Phi) is 5.92. The van der Waals surface area contributed by atoms with Gasteiger partial charge in [0.05, 0.1) is 11.2 Å². The smallest absolute Gasteiger partial charge is 0.248 e. The normalized spacial score (nSPS) is 15.5. The maximum atomic E-state index is 13.1. The number of hydrogen-bond acceptors (Lipinski definition) is 4. The third-order valence-corrected chi connectivity index (χ3v) is 7.11. The van der Waals surface area contributed by atoms with Crippen molar-refractivity contribution in [2.24, 2.45) is 0 Å². The first-order chi connectivity index (χ1) is 14.6. The maximum absolute atomic E-state index is 13.1. The molecule has 1 aliphatic rings. The van der Waals surface area contributed by atoms with Crippen molar-refractivity contribution in [1.29, 1.82) is 0 Å². The van der Waals surface area contributed by atoms with E-state index in [1.54, 1.807) is 30.5 Å². The Morgan fingerprint density at radius 2 is 1.73 bits per heavy atom. The molecule has 0 atom stereocenters. The van der Waals surface area contributed by atoms with Gasteiger partial charge in [-0.25, -0.2) is 8.42 Å². The molecule has 3 aromatic rings. The molecule has 1 N–H and O–H groups in total. The van der Waals surface area contributed by atoms with Gasteiger partial charge in [-0.3, -0.25) is 9.78 Å². The van der Waals surface area contributed by atoms with Gasteiger partial charge in [0.15, 0.2) is 0 Å². The van der Waals surface area contributed by atoms with Crippen molar-refractivity contribution in [3.05, 3.63) is 72.4 Å². The number of piperidine rings is 1. The topological polar surface area (TPSA) is 79.4 Å². The number of hydrogen-bond donors (Lipinski definition) is 1. The molecule has 1 amide bonds. The second kappa shape index (κ2) is 8.77. The van der Waals surface area contributed by atoms with Gasteiger partial charge in [-0.15, -0.1) is 0 Å². The van der Waals surface area contributed by atoms with Crippen LogP contribution < -0.4 is 5.32 Å². The summed E-state index contributed by atoms with van der Waals surface area (Å²) in [7, 11) is -3.65. The van der Waals surface area contributed by atoms with Gasteiger partial charge in [0.1, 0.15) is 4.90 Å². The Bertz CT molecular complexity index is 1190. The van der Waals surface area contributed by atoms with Gasteiger partial charge >= 0.3 is 0 Å². The second-order valence-corrected chi connectivity index (χ2v) is 9.11. The molecule has 0 radical (unpaired) electrons. The van der Waals surface area contributed by atoms with Crippen molar-refractivity contribution in [2.75, 3.05) is 18.4 Å². The number of pyridine rings is 1. The molecular weight excluding hydrogens is 398 g/mol. The lowest BCUT2D eigenvalue weighted by atomic mass is 10.1. The van der Waals surface area contributed by atoms with Crippen molar-refractivity contribution in [3.8, 4) is 0 Å². The molecule has 0 aliphatic carbocycles. The summed E-state index contributed by atoms with van der Waals surface area (Å²) in [5.41, 5.74) is 1.91. The highest BCUT2D eigenvalue weighted by Gasteiger charge is 2.28. The van der Waals surface area contributed by atoms with Gasteiger partial charge in [-0.1, -0.05) is 42.8 Å². The van der Waals surface area contributed by atoms with E-state index in [9.17, 15) is 13.2 Å². The van der Waals surface area contributed by atoms with Crippen LogP contribution in [0.1, 0.15) is 24.8 Å². The maximum Gasteiger partial charge on any atom is 0.248 e. The van der Waals surface area contributed by atoms with Crippen LogP contribution in [0, 0.1) is 0 Å². The Balaban J connectivity index is 1.56. The number of nitrogens with one attached hydrogen (secondary N) is 1. The van der Waals surface area contributed by atoms with Crippen LogP contribution in [0.3, 0.4) is 0 Å². The van der Waals surface area contributed by atoms with E-state index in [0.29, 0.717) is 13.1 Å². The standard InChI is InChI=1S/C23H23N3O3S/c27-22(14-13-19-9-6-8-18-10-7-15-24-23(18)19)25-20-11-2-3-12-21(20)30(28,29)26-16-4-1-5-17-26/h2-3,6-15H,1,4-5,16-17H2,(H,25,27). The molecule has 2 heterocycles. The molecule has 0 saturated carbocycles. The summed E-state index contributed by atoms with van der Waals surface area (Å²) in [6, 6.07) is 16.1. The van der Waals surface area contributed by atoms with Gasteiger partial charge < -0.3 is 5.32 Å². The van der Waals surface area contributed by atoms with Crippen LogP contribution in [0.2, 0.25) is 0 Å². The molecule has 6 nitrogen and oxygen atoms in total. The lowest BCUT2D eigenvalue weighted by molar-refractivity contribution is -0.111. The number of fused-ring (bicyclic) bond motifs is 1. The Morgan fingerprint density at radius 3 is 2.57 bits per heavy atom. The molecular formula is C23H23N3O3S. The zero-order valence-corrected chi connectivity index (χ0v) is 17.3. The average molecular weight is 422 g/mol. The highest BCUT2D eigenvalue weighted by Crippen LogP contribution is 2.27. The number of anilines is 1. The van der Waals surface area contributed by atoms with E-state index in [-0.39, 0.29) is 10.6 Å². The molecule has 7 heteroatoms. The van der Waals surface area contributed by atoms with Crippen LogP contribution in [0.4, 0.5) is 5.69 Å². The van der Waals surface area contributed by atoms with Gasteiger partial charge in [0.25, 0.3) is 0 Å². The molecule has 0 bridgehead atoms. The molecule has 154 valence electrons. The van der Waals surface area contributed by atoms with E-state index in [0.717, 1.165) is 35.7 Å². The largest absolute Gasteiger partial charge is 0.321 e. The minimum Gasteiger partial charge on any atom is -0.321 e. The fraction of sp³-hybridized carbons (Fsp3) is 0.217. The van der Waals surface area contributed by atoms with Crippen LogP contribution in [0.5, 0.6) is 0 Å². The summed E-state index contributed by atoms with van der Waals surface area (Å²) >= 11 is 0. The van der Waals surface area contributed by atoms with E-state index in [1.165, 1.54) is 16.4 Å². The van der Waals surface area contributed by atoms with Gasteiger partial charge in [0.2, 0.25) is 15.9 Å². The van der Waals surface area contributed by atoms with E-state index in [1.807, 2.05) is 30.3 Å². The minimum atomic E-state index is -3.65. The first-order valence-corrected chi connectivity index (χ1v) is 11.4. The predicted molar refractivity (Wildman–Crippen MR) is 118 cm³/mol. The first-order valence-electron chi connectivity index (χ1n) is 9.98. The monoisotopic (exact) mass is 421 g/mol. The van der Waals surface area contributed by atoms with Gasteiger partial charge in [0, 0.05) is 36.3 Å². The number of amides is 1. The van der Waals surface area contributed by atoms with Crippen LogP contribution >= 0.6 is 0 Å². The van der Waals surface area contributed by atoms with E-state index in [4.69, 9.17) is 0 Å². The lowest BCUT2D eigenvalue weighted by Crippen LogP contribution is -2.36. The minimum absolute atomic E-state index is 0.125. The zero-order valence-electron chi connectivity index (χ0n) is 16.5. The Hall–Kier alpha value is -3.03. The molecule has 1 aliphatic heterocycles. The van der Waals surface area contributed by atoms with Crippen molar-refractivity contribution in [3.63, 3.8) is 0 Å². The summed E-state index contributed by atoms with van der Waals surface area (Å²) in [6.07, 6.45) is 7.55. The Labute approximate surface area is 176 Å². The first kappa shape index (κ1) is 20.3. The SMILES string of the molecule is O=C(C=Cc1cccc2cccnc12)Nc1ccccc1S(=O)(=O)N1CCCCC1. The molecule has 0 unspecified atom stereocenters. The summed E-state index contributed by atoms with van der Waals surface area (Å²) < 4.78 is 27.6. The van der Waals surface area contributed by atoms with Crippen molar-refractivity contribution in [1.82, 2.24) is 9.29 Å². The van der Waals surface area contributed by atoms with Crippen LogP contribution in [0.15, 0.2) is 71.8 Å². The number of carbonyl (C=O) groups is 1. The third-order valence-electron chi connectivity index (χ3n) is 5.16. The number of rotatable bonds is 5. The summed E-state index contributed by atoms with van der Waals surface area (Å²) in [6.45, 7) is 1.02. The van der Waals surface area contributed by atoms with Crippen LogP contribution in [-0.4, -0.2) is 36.7 Å². The summed E-state index contributed by atoms with van der Waals surface area (Å²) in [5.74, 6) is -0.399. The number of nitrogens with zero attached hydrogens (tertiary/aromatic N) is 2. The molecule has 30 heavy (non-hydrogen) atoms. The van der Waals surface area contributed by atoms with Crippen LogP contribution in [-0.2, 0) is 14.8 Å². The van der Waals surface area contributed by atoms with Crippen molar-refractivity contribution >= 4 is 38.6 Å². The van der Waals surface area contributed by atoms with Crippen LogP contribution in [0.25, 0.3) is 17.0 Å². The van der Waals surface area contributed by atoms with E-state index < -0.39 is 15.9 Å². The fourth-order valence-corrected chi connectivity index (χ4v) is 5.31. The second-order valence-electron chi connectivity index (χ2n) is 7.21. The van der Waals surface area contributed by atoms with Gasteiger partial charge in [-0.2, -0.15) is 4.31 Å². The van der Waals surface area contributed by atoms with Crippen molar-refractivity contribution < 1.29 is 13.2 Å². The molecule has 4 rings (SSSR count). The molecule has 0 spiro atoms. The van der Waals surface area contributed by atoms with Crippen molar-refractivity contribution in [2.45, 2.75) is 24.2 Å². The van der Waals surface area contributed by atoms with E-state index in [2.05, 4.69) is 10.3 Å². The fourth-order valence-electron chi connectivity index (χ4n) is 3.64. The molecule has 2 aromatic carbocycles. The highest BCUT2D eigenvalue weighted by atomic mass is 32.2. The zero-order chi connectivity index (χ0) is 21.0. The number of para-hydroxylation sites is 2. The lowest BCUT2D eigenvalue weighted by Gasteiger charge is -2.26.